The molecule has 0 aromatic rings. The van der Waals surface area contributed by atoms with Crippen LogP contribution in [0.2, 0.25) is 0 Å². The van der Waals surface area contributed by atoms with Gasteiger partial charge in [-0.1, -0.05) is 0 Å². The maximum absolute atomic E-state index is 11.2. The highest BCUT2D eigenvalue weighted by atomic mass is 31.2. The molecule has 0 aliphatic carbocycles. The van der Waals surface area contributed by atoms with Crippen LogP contribution in [0, 0.1) is 0 Å². The molecule has 0 aliphatic rings. The lowest BCUT2D eigenvalue weighted by atomic mass is 10.5. The number of carbonyl (C=O) groups is 1. The molecule has 0 heterocycles. The predicted octanol–water partition coefficient (Wildman–Crippen LogP) is 0.378. The maximum Gasteiger partial charge on any atom is 0.305 e. The van der Waals surface area contributed by atoms with Crippen LogP contribution in [0.15, 0.2) is 0 Å². The lowest BCUT2D eigenvalue weighted by Crippen LogP contribution is -2.04. The number of aliphatic carboxylic acids is 1. The largest absolute Gasteiger partial charge is 0.481 e. The highest BCUT2D eigenvalue weighted by molar-refractivity contribution is 7.58. The van der Waals surface area contributed by atoms with Gasteiger partial charge >= 0.3 is 5.97 Å². The van der Waals surface area contributed by atoms with Crippen LogP contribution < -0.4 is 0 Å². The number of aliphatic hydroxyl groups excluding tert-OH is 1. The summed E-state index contributed by atoms with van der Waals surface area (Å²) in [4.78, 5) is 10.0. The SMILES string of the molecule is CP(=O)(CCO)OCCC(=O)O. The van der Waals surface area contributed by atoms with E-state index < -0.39 is 13.3 Å². The Morgan fingerprint density at radius 1 is 1.58 bits per heavy atom. The van der Waals surface area contributed by atoms with E-state index in [1.807, 2.05) is 0 Å². The van der Waals surface area contributed by atoms with Crippen molar-refractivity contribution in [2.75, 3.05) is 26.0 Å². The first-order chi connectivity index (χ1) is 5.48. The molecule has 0 amide bonds. The zero-order chi connectivity index (χ0) is 9.61. The highest BCUT2D eigenvalue weighted by Crippen LogP contribution is 2.41. The molecule has 0 rings (SSSR count). The van der Waals surface area contributed by atoms with E-state index in [2.05, 4.69) is 0 Å². The summed E-state index contributed by atoms with van der Waals surface area (Å²) in [5.74, 6) is -0.987. The monoisotopic (exact) mass is 196 g/mol. The predicted molar refractivity (Wildman–Crippen MR) is 43.7 cm³/mol. The summed E-state index contributed by atoms with van der Waals surface area (Å²) in [5.41, 5.74) is 0. The van der Waals surface area contributed by atoms with Gasteiger partial charge in [0.25, 0.3) is 0 Å². The van der Waals surface area contributed by atoms with Crippen LogP contribution in [0.3, 0.4) is 0 Å². The number of aliphatic hydroxyl groups is 1. The van der Waals surface area contributed by atoms with Gasteiger partial charge in [-0.15, -0.1) is 0 Å². The van der Waals surface area contributed by atoms with E-state index in [1.165, 1.54) is 6.66 Å². The summed E-state index contributed by atoms with van der Waals surface area (Å²) in [6.45, 7) is 1.11. The van der Waals surface area contributed by atoms with Gasteiger partial charge in [-0.05, 0) is 0 Å². The second-order valence-electron chi connectivity index (χ2n) is 2.44. The third-order valence-electron chi connectivity index (χ3n) is 1.19. The first kappa shape index (κ1) is 11.6. The second kappa shape index (κ2) is 5.30. The Morgan fingerprint density at radius 2 is 2.17 bits per heavy atom. The first-order valence-electron chi connectivity index (χ1n) is 3.51. The average Bonchev–Trinajstić information content (AvgIpc) is 1.85. The fourth-order valence-corrected chi connectivity index (χ4v) is 1.54. The van der Waals surface area contributed by atoms with Crippen LogP contribution in [0.25, 0.3) is 0 Å². The van der Waals surface area contributed by atoms with Gasteiger partial charge in [-0.2, -0.15) is 0 Å². The van der Waals surface area contributed by atoms with Gasteiger partial charge in [-0.3, -0.25) is 9.36 Å². The molecular weight excluding hydrogens is 183 g/mol. The molecule has 0 saturated carbocycles. The molecule has 0 aromatic heterocycles. The Morgan fingerprint density at radius 3 is 2.58 bits per heavy atom. The topological polar surface area (TPSA) is 83.8 Å². The number of rotatable bonds is 6. The van der Waals surface area contributed by atoms with Crippen LogP contribution in [0.4, 0.5) is 0 Å². The normalized spacial score (nSPS) is 15.5. The second-order valence-corrected chi connectivity index (χ2v) is 5.17. The van der Waals surface area contributed by atoms with Gasteiger partial charge in [0.1, 0.15) is 0 Å². The molecule has 72 valence electrons. The van der Waals surface area contributed by atoms with E-state index in [0.29, 0.717) is 0 Å². The van der Waals surface area contributed by atoms with E-state index in [4.69, 9.17) is 14.7 Å². The Bertz CT molecular complexity index is 190. The van der Waals surface area contributed by atoms with E-state index in [0.717, 1.165) is 0 Å². The third kappa shape index (κ3) is 6.34. The fourth-order valence-electron chi connectivity index (χ4n) is 0.572. The molecule has 0 radical (unpaired) electrons. The average molecular weight is 196 g/mol. The van der Waals surface area contributed by atoms with Crippen molar-refractivity contribution in [1.82, 2.24) is 0 Å². The highest BCUT2D eigenvalue weighted by Gasteiger charge is 2.14. The van der Waals surface area contributed by atoms with Crippen molar-refractivity contribution in [2.45, 2.75) is 6.42 Å². The minimum atomic E-state index is -2.76. The molecule has 12 heavy (non-hydrogen) atoms. The molecule has 0 aliphatic heterocycles. The van der Waals surface area contributed by atoms with Crippen molar-refractivity contribution in [3.63, 3.8) is 0 Å². The van der Waals surface area contributed by atoms with Crippen molar-refractivity contribution in [1.29, 1.82) is 0 Å². The zero-order valence-electron chi connectivity index (χ0n) is 6.89. The first-order valence-corrected chi connectivity index (χ1v) is 5.77. The lowest BCUT2D eigenvalue weighted by molar-refractivity contribution is -0.137. The Kier molecular flexibility index (Phi) is 5.13. The van der Waals surface area contributed by atoms with E-state index in [9.17, 15) is 9.36 Å². The quantitative estimate of drug-likeness (QED) is 0.600. The van der Waals surface area contributed by atoms with Crippen molar-refractivity contribution in [3.8, 4) is 0 Å². The van der Waals surface area contributed by atoms with Crippen LogP contribution in [0.1, 0.15) is 6.42 Å². The van der Waals surface area contributed by atoms with Crippen LogP contribution in [-0.2, 0) is 13.9 Å². The molecule has 5 nitrogen and oxygen atoms in total. The molecule has 1 unspecified atom stereocenters. The molecular formula is C6H13O5P. The zero-order valence-corrected chi connectivity index (χ0v) is 7.79. The number of hydrogen-bond acceptors (Lipinski definition) is 4. The summed E-state index contributed by atoms with van der Waals surface area (Å²) < 4.78 is 16.0. The molecule has 0 bridgehead atoms. The van der Waals surface area contributed by atoms with Crippen molar-refractivity contribution in [3.05, 3.63) is 0 Å². The lowest BCUT2D eigenvalue weighted by Gasteiger charge is -2.10. The summed E-state index contributed by atoms with van der Waals surface area (Å²) in [7, 11) is -2.76. The van der Waals surface area contributed by atoms with E-state index >= 15 is 0 Å². The number of carboxylic acids is 1. The van der Waals surface area contributed by atoms with Crippen molar-refractivity contribution < 1.29 is 24.1 Å². The fraction of sp³-hybridized carbons (Fsp3) is 0.833. The third-order valence-corrected chi connectivity index (χ3v) is 2.93. The number of carboxylic acid groups (broad SMARTS) is 1. The van der Waals surface area contributed by atoms with Crippen LogP contribution in [-0.4, -0.2) is 42.2 Å². The molecule has 0 aromatic carbocycles. The standard InChI is InChI=1S/C6H13O5P/c1-12(10,5-3-7)11-4-2-6(8)9/h7H,2-5H2,1H3,(H,8,9). The summed E-state index contributed by atoms with van der Waals surface area (Å²) in [6.07, 6.45) is -0.0874. The van der Waals surface area contributed by atoms with Gasteiger partial charge in [0.15, 0.2) is 0 Å². The van der Waals surface area contributed by atoms with E-state index in [1.54, 1.807) is 0 Å². The summed E-state index contributed by atoms with van der Waals surface area (Å²) in [6, 6.07) is 0. The Hall–Kier alpha value is -0.380. The van der Waals surface area contributed by atoms with Crippen LogP contribution >= 0.6 is 7.37 Å². The molecule has 2 N–H and O–H groups in total. The van der Waals surface area contributed by atoms with Gasteiger partial charge in [0.2, 0.25) is 7.37 Å². The van der Waals surface area contributed by atoms with Gasteiger partial charge < -0.3 is 14.7 Å². The van der Waals surface area contributed by atoms with Crippen LogP contribution in [0.5, 0.6) is 0 Å². The summed E-state index contributed by atoms with van der Waals surface area (Å²) >= 11 is 0. The minimum Gasteiger partial charge on any atom is -0.481 e. The maximum atomic E-state index is 11.2. The Labute approximate surface area is 70.8 Å². The molecule has 0 fully saturated rings. The van der Waals surface area contributed by atoms with E-state index in [-0.39, 0.29) is 25.8 Å². The van der Waals surface area contributed by atoms with Gasteiger partial charge in [-0.25, -0.2) is 0 Å². The van der Waals surface area contributed by atoms with Gasteiger partial charge in [0, 0.05) is 12.8 Å². The molecule has 6 heteroatoms. The molecule has 0 saturated heterocycles. The molecule has 1 atom stereocenters. The smallest absolute Gasteiger partial charge is 0.305 e. The Balaban J connectivity index is 3.61. The molecule has 0 spiro atoms. The van der Waals surface area contributed by atoms with Crippen molar-refractivity contribution >= 4 is 13.3 Å². The summed E-state index contributed by atoms with van der Waals surface area (Å²) in [5, 5.41) is 16.7. The number of hydrogen-bond donors (Lipinski definition) is 2. The van der Waals surface area contributed by atoms with Crippen molar-refractivity contribution in [2.24, 2.45) is 0 Å². The minimum absolute atomic E-state index is 0.0664. The van der Waals surface area contributed by atoms with Gasteiger partial charge in [0.05, 0.1) is 19.6 Å².